The van der Waals surface area contributed by atoms with E-state index in [-0.39, 0.29) is 6.04 Å². The highest BCUT2D eigenvalue weighted by molar-refractivity contribution is 6.32. The number of para-hydroxylation sites is 1. The van der Waals surface area contributed by atoms with Crippen LogP contribution < -0.4 is 10.5 Å². The molecule has 0 aliphatic heterocycles. The summed E-state index contributed by atoms with van der Waals surface area (Å²) >= 11 is 6.13. The third kappa shape index (κ3) is 3.69. The molecule has 0 amide bonds. The molecular weight excluding hydrogens is 222 g/mol. The Balaban J connectivity index is 2.84. The minimum absolute atomic E-state index is 0.169. The molecule has 1 atom stereocenters. The monoisotopic (exact) mass is 241 g/mol. The fourth-order valence-electron chi connectivity index (χ4n) is 1.51. The first-order valence-corrected chi connectivity index (χ1v) is 6.22. The lowest BCUT2D eigenvalue weighted by Crippen LogP contribution is -2.21. The van der Waals surface area contributed by atoms with E-state index < -0.39 is 0 Å². The molecule has 2 N–H and O–H groups in total. The van der Waals surface area contributed by atoms with Crippen LogP contribution in [0, 0.1) is 0 Å². The predicted octanol–water partition coefficient (Wildman–Crippen LogP) is 3.41. The average Bonchev–Trinajstić information content (AvgIpc) is 2.28. The zero-order valence-electron chi connectivity index (χ0n) is 10.0. The van der Waals surface area contributed by atoms with E-state index in [1.54, 1.807) is 0 Å². The molecule has 1 rings (SSSR count). The van der Waals surface area contributed by atoms with Crippen molar-refractivity contribution in [2.24, 2.45) is 5.73 Å². The molecule has 0 heterocycles. The molecular formula is C13H20ClNO. The van der Waals surface area contributed by atoms with Gasteiger partial charge in [0.05, 0.1) is 11.6 Å². The van der Waals surface area contributed by atoms with E-state index in [4.69, 9.17) is 22.1 Å². The van der Waals surface area contributed by atoms with Gasteiger partial charge in [0.2, 0.25) is 0 Å². The second-order valence-corrected chi connectivity index (χ2v) is 4.36. The summed E-state index contributed by atoms with van der Waals surface area (Å²) in [5.74, 6) is 0.801. The van der Waals surface area contributed by atoms with Gasteiger partial charge >= 0.3 is 0 Å². The fraction of sp³-hybridized carbons (Fsp3) is 0.538. The van der Waals surface area contributed by atoms with Crippen molar-refractivity contribution in [1.29, 1.82) is 0 Å². The highest BCUT2D eigenvalue weighted by Gasteiger charge is 2.10. The van der Waals surface area contributed by atoms with Crippen molar-refractivity contribution in [2.45, 2.75) is 39.2 Å². The largest absolute Gasteiger partial charge is 0.492 e. The summed E-state index contributed by atoms with van der Waals surface area (Å²) in [4.78, 5) is 0. The molecule has 0 spiro atoms. The van der Waals surface area contributed by atoms with Gasteiger partial charge in [-0.05, 0) is 30.9 Å². The normalized spacial score (nSPS) is 12.5. The predicted molar refractivity (Wildman–Crippen MR) is 69.2 cm³/mol. The standard InChI is InChI=1S/C13H20ClNO/c1-3-8-16-13-10(9-11(15)4-2)6-5-7-12(13)14/h5-7,11H,3-4,8-9,15H2,1-2H3. The Labute approximate surface area is 103 Å². The Hall–Kier alpha value is -0.730. The Morgan fingerprint density at radius 1 is 1.38 bits per heavy atom. The number of benzene rings is 1. The number of ether oxygens (including phenoxy) is 1. The van der Waals surface area contributed by atoms with Gasteiger partial charge in [0.25, 0.3) is 0 Å². The van der Waals surface area contributed by atoms with E-state index in [0.29, 0.717) is 11.6 Å². The fourth-order valence-corrected chi connectivity index (χ4v) is 1.76. The molecule has 0 aliphatic rings. The lowest BCUT2D eigenvalue weighted by atomic mass is 10.0. The number of halogens is 1. The van der Waals surface area contributed by atoms with Gasteiger partial charge in [-0.25, -0.2) is 0 Å². The first-order valence-electron chi connectivity index (χ1n) is 5.84. The minimum Gasteiger partial charge on any atom is -0.492 e. The van der Waals surface area contributed by atoms with Crippen molar-refractivity contribution >= 4 is 11.6 Å². The van der Waals surface area contributed by atoms with Crippen LogP contribution >= 0.6 is 11.6 Å². The van der Waals surface area contributed by atoms with E-state index >= 15 is 0 Å². The molecule has 0 fully saturated rings. The van der Waals surface area contributed by atoms with Crippen LogP contribution in [0.1, 0.15) is 32.3 Å². The summed E-state index contributed by atoms with van der Waals surface area (Å²) in [6.07, 6.45) is 2.75. The molecule has 2 nitrogen and oxygen atoms in total. The van der Waals surface area contributed by atoms with Crippen molar-refractivity contribution < 1.29 is 4.74 Å². The first-order chi connectivity index (χ1) is 7.69. The maximum atomic E-state index is 6.13. The minimum atomic E-state index is 0.169. The van der Waals surface area contributed by atoms with E-state index in [1.165, 1.54) is 0 Å². The average molecular weight is 242 g/mol. The Bertz CT molecular complexity index is 328. The quantitative estimate of drug-likeness (QED) is 0.829. The van der Waals surface area contributed by atoms with Crippen molar-refractivity contribution in [3.8, 4) is 5.75 Å². The van der Waals surface area contributed by atoms with Gasteiger partial charge in [-0.2, -0.15) is 0 Å². The number of rotatable bonds is 6. The molecule has 0 radical (unpaired) electrons. The van der Waals surface area contributed by atoms with Gasteiger partial charge in [0.15, 0.2) is 0 Å². The lowest BCUT2D eigenvalue weighted by Gasteiger charge is -2.15. The van der Waals surface area contributed by atoms with Gasteiger partial charge in [-0.1, -0.05) is 37.6 Å². The van der Waals surface area contributed by atoms with Crippen LogP contribution in [0.3, 0.4) is 0 Å². The molecule has 0 bridgehead atoms. The summed E-state index contributed by atoms with van der Waals surface area (Å²) in [6, 6.07) is 6.00. The maximum absolute atomic E-state index is 6.13. The highest BCUT2D eigenvalue weighted by atomic mass is 35.5. The first kappa shape index (κ1) is 13.3. The van der Waals surface area contributed by atoms with E-state index in [2.05, 4.69) is 13.8 Å². The second kappa shape index (κ2) is 6.77. The van der Waals surface area contributed by atoms with Crippen molar-refractivity contribution in [2.75, 3.05) is 6.61 Å². The molecule has 0 saturated carbocycles. The third-order valence-corrected chi connectivity index (χ3v) is 2.80. The number of hydrogen-bond acceptors (Lipinski definition) is 2. The number of nitrogens with two attached hydrogens (primary N) is 1. The number of hydrogen-bond donors (Lipinski definition) is 1. The molecule has 1 aromatic carbocycles. The zero-order chi connectivity index (χ0) is 12.0. The van der Waals surface area contributed by atoms with E-state index in [1.807, 2.05) is 18.2 Å². The van der Waals surface area contributed by atoms with Crippen LogP contribution in [-0.2, 0) is 6.42 Å². The van der Waals surface area contributed by atoms with Gasteiger partial charge in [-0.15, -0.1) is 0 Å². The SMILES string of the molecule is CCCOc1c(Cl)cccc1CC(N)CC. The van der Waals surface area contributed by atoms with Crippen LogP contribution in [0.4, 0.5) is 0 Å². The molecule has 0 saturated heterocycles. The summed E-state index contributed by atoms with van der Waals surface area (Å²) in [7, 11) is 0. The Morgan fingerprint density at radius 2 is 2.12 bits per heavy atom. The van der Waals surface area contributed by atoms with Crippen LogP contribution in [-0.4, -0.2) is 12.6 Å². The molecule has 0 aromatic heterocycles. The second-order valence-electron chi connectivity index (χ2n) is 3.95. The van der Waals surface area contributed by atoms with E-state index in [0.717, 1.165) is 30.6 Å². The van der Waals surface area contributed by atoms with Crippen molar-refractivity contribution in [3.63, 3.8) is 0 Å². The topological polar surface area (TPSA) is 35.2 Å². The summed E-state index contributed by atoms with van der Waals surface area (Å²) in [6.45, 7) is 4.86. The summed E-state index contributed by atoms with van der Waals surface area (Å²) < 4.78 is 5.67. The zero-order valence-corrected chi connectivity index (χ0v) is 10.8. The molecule has 16 heavy (non-hydrogen) atoms. The maximum Gasteiger partial charge on any atom is 0.141 e. The van der Waals surface area contributed by atoms with Gasteiger partial charge in [-0.3, -0.25) is 0 Å². The summed E-state index contributed by atoms with van der Waals surface area (Å²) in [5.41, 5.74) is 7.06. The van der Waals surface area contributed by atoms with Gasteiger partial charge in [0.1, 0.15) is 5.75 Å². The van der Waals surface area contributed by atoms with Crippen LogP contribution in [0.25, 0.3) is 0 Å². The molecule has 90 valence electrons. The Kier molecular flexibility index (Phi) is 5.64. The van der Waals surface area contributed by atoms with E-state index in [9.17, 15) is 0 Å². The third-order valence-electron chi connectivity index (χ3n) is 2.51. The van der Waals surface area contributed by atoms with Crippen LogP contribution in [0.15, 0.2) is 18.2 Å². The molecule has 1 unspecified atom stereocenters. The van der Waals surface area contributed by atoms with Crippen molar-refractivity contribution in [1.82, 2.24) is 0 Å². The van der Waals surface area contributed by atoms with Crippen molar-refractivity contribution in [3.05, 3.63) is 28.8 Å². The summed E-state index contributed by atoms with van der Waals surface area (Å²) in [5, 5.41) is 0.675. The van der Waals surface area contributed by atoms with Gasteiger partial charge < -0.3 is 10.5 Å². The molecule has 3 heteroatoms. The van der Waals surface area contributed by atoms with Crippen LogP contribution in [0.2, 0.25) is 5.02 Å². The smallest absolute Gasteiger partial charge is 0.141 e. The lowest BCUT2D eigenvalue weighted by molar-refractivity contribution is 0.313. The van der Waals surface area contributed by atoms with Crippen LogP contribution in [0.5, 0.6) is 5.75 Å². The molecule has 0 aliphatic carbocycles. The molecule has 1 aromatic rings. The highest BCUT2D eigenvalue weighted by Crippen LogP contribution is 2.29. The van der Waals surface area contributed by atoms with Gasteiger partial charge in [0, 0.05) is 6.04 Å². The Morgan fingerprint density at radius 3 is 2.75 bits per heavy atom.